The second-order valence-electron chi connectivity index (χ2n) is 5.49. The lowest BCUT2D eigenvalue weighted by Gasteiger charge is -2.03. The van der Waals surface area contributed by atoms with E-state index in [4.69, 9.17) is 9.15 Å². The molecule has 0 amide bonds. The molecule has 0 fully saturated rings. The first-order valence-electron chi connectivity index (χ1n) is 7.41. The Hall–Kier alpha value is -2.90. The van der Waals surface area contributed by atoms with Gasteiger partial charge in [-0.2, -0.15) is 8.42 Å². The van der Waals surface area contributed by atoms with E-state index >= 15 is 0 Å². The zero-order valence-electron chi connectivity index (χ0n) is 13.1. The Kier molecular flexibility index (Phi) is 3.48. The van der Waals surface area contributed by atoms with Gasteiger partial charge in [-0.25, -0.2) is 4.98 Å². The number of hydrogen-bond acceptors (Lipinski definition) is 5. The molecule has 126 valence electrons. The maximum atomic E-state index is 11.7. The summed E-state index contributed by atoms with van der Waals surface area (Å²) in [4.78, 5) is 4.30. The molecule has 1 heterocycles. The fourth-order valence-corrected chi connectivity index (χ4v) is 3.51. The molecule has 3 aromatic carbocycles. The molecule has 0 radical (unpaired) electrons. The van der Waals surface area contributed by atoms with Crippen LogP contribution in [0.5, 0.6) is 5.75 Å². The topological polar surface area (TPSA) is 89.6 Å². The summed E-state index contributed by atoms with van der Waals surface area (Å²) in [6.07, 6.45) is 0. The van der Waals surface area contributed by atoms with Crippen molar-refractivity contribution in [3.8, 4) is 17.2 Å². The van der Waals surface area contributed by atoms with Gasteiger partial charge in [-0.15, -0.1) is 0 Å². The highest BCUT2D eigenvalue weighted by Crippen LogP contribution is 2.34. The highest BCUT2D eigenvalue weighted by Gasteiger charge is 2.20. The van der Waals surface area contributed by atoms with Crippen LogP contribution in [-0.2, 0) is 10.1 Å². The Bertz CT molecular complexity index is 1190. The molecule has 4 aromatic rings. The highest BCUT2D eigenvalue weighted by atomic mass is 32.2. The number of methoxy groups -OCH3 is 1. The molecule has 0 bridgehead atoms. The lowest BCUT2D eigenvalue weighted by Crippen LogP contribution is -1.99. The molecule has 0 unspecified atom stereocenters. The van der Waals surface area contributed by atoms with E-state index in [0.717, 1.165) is 5.56 Å². The smallest absolute Gasteiger partial charge is 0.295 e. The normalized spacial score (nSPS) is 11.9. The maximum Gasteiger partial charge on any atom is 0.295 e. The third-order valence-electron chi connectivity index (χ3n) is 3.98. The minimum absolute atomic E-state index is 0.201. The first-order valence-corrected chi connectivity index (χ1v) is 8.85. The average molecular weight is 355 g/mol. The van der Waals surface area contributed by atoms with Crippen molar-refractivity contribution >= 4 is 32.0 Å². The summed E-state index contributed by atoms with van der Waals surface area (Å²) in [5.74, 6) is 1.06. The van der Waals surface area contributed by atoms with Gasteiger partial charge in [0.1, 0.15) is 16.2 Å². The van der Waals surface area contributed by atoms with Gasteiger partial charge in [0.15, 0.2) is 5.58 Å². The van der Waals surface area contributed by atoms with Gasteiger partial charge in [0.2, 0.25) is 5.89 Å². The number of oxazole rings is 1. The Balaban J connectivity index is 2.00. The fraction of sp³-hybridized carbons (Fsp3) is 0.0556. The van der Waals surface area contributed by atoms with E-state index in [-0.39, 0.29) is 10.5 Å². The number of hydrogen-bond donors (Lipinski definition) is 1. The zero-order chi connectivity index (χ0) is 17.6. The summed E-state index contributed by atoms with van der Waals surface area (Å²) < 4.78 is 43.8. The van der Waals surface area contributed by atoms with Crippen molar-refractivity contribution in [3.05, 3.63) is 54.6 Å². The van der Waals surface area contributed by atoms with Gasteiger partial charge in [-0.1, -0.05) is 24.3 Å². The SMILES string of the molecule is COc1ccc(-c2nc3c(cc(S(=O)(=O)O)c4ccccc43)o2)cc1. The monoisotopic (exact) mass is 355 g/mol. The fourth-order valence-electron chi connectivity index (χ4n) is 2.79. The molecule has 25 heavy (non-hydrogen) atoms. The molecule has 6 nitrogen and oxygen atoms in total. The molecule has 0 saturated heterocycles. The Labute approximate surface area is 143 Å². The van der Waals surface area contributed by atoms with Crippen LogP contribution in [0.1, 0.15) is 0 Å². The van der Waals surface area contributed by atoms with Gasteiger partial charge in [0, 0.05) is 22.4 Å². The molecule has 1 N–H and O–H groups in total. The number of nitrogens with zero attached hydrogens (tertiary/aromatic N) is 1. The van der Waals surface area contributed by atoms with Crippen LogP contribution in [-0.4, -0.2) is 25.1 Å². The molecule has 0 atom stereocenters. The maximum absolute atomic E-state index is 11.7. The molecule has 0 spiro atoms. The predicted molar refractivity (Wildman–Crippen MR) is 93.3 cm³/mol. The molecule has 7 heteroatoms. The van der Waals surface area contributed by atoms with Crippen molar-refractivity contribution in [1.29, 1.82) is 0 Å². The van der Waals surface area contributed by atoms with E-state index in [9.17, 15) is 13.0 Å². The van der Waals surface area contributed by atoms with Gasteiger partial charge < -0.3 is 9.15 Å². The minimum Gasteiger partial charge on any atom is -0.497 e. The van der Waals surface area contributed by atoms with Crippen molar-refractivity contribution in [1.82, 2.24) is 4.98 Å². The number of benzene rings is 3. The summed E-state index contributed by atoms with van der Waals surface area (Å²) in [5, 5.41) is 0.989. The lowest BCUT2D eigenvalue weighted by molar-refractivity contribution is 0.415. The van der Waals surface area contributed by atoms with E-state index in [1.807, 2.05) is 0 Å². The van der Waals surface area contributed by atoms with Crippen LogP contribution >= 0.6 is 0 Å². The van der Waals surface area contributed by atoms with Crippen molar-refractivity contribution in [3.63, 3.8) is 0 Å². The number of aromatic nitrogens is 1. The number of fused-ring (bicyclic) bond motifs is 3. The summed E-state index contributed by atoms with van der Waals surface area (Å²) in [7, 11) is -2.81. The van der Waals surface area contributed by atoms with Crippen LogP contribution in [0.25, 0.3) is 33.3 Å². The van der Waals surface area contributed by atoms with Crippen molar-refractivity contribution in [2.24, 2.45) is 0 Å². The molecule has 0 aliphatic carbocycles. The van der Waals surface area contributed by atoms with E-state index in [1.54, 1.807) is 55.6 Å². The van der Waals surface area contributed by atoms with E-state index in [2.05, 4.69) is 4.98 Å². The summed E-state index contributed by atoms with van der Waals surface area (Å²) >= 11 is 0. The van der Waals surface area contributed by atoms with Crippen LogP contribution in [0.15, 0.2) is 63.9 Å². The summed E-state index contributed by atoms with van der Waals surface area (Å²) in [6.45, 7) is 0. The van der Waals surface area contributed by atoms with Crippen LogP contribution in [0.4, 0.5) is 0 Å². The molecular weight excluding hydrogens is 342 g/mol. The number of ether oxygens (including phenoxy) is 1. The van der Waals surface area contributed by atoms with Gasteiger partial charge in [0.25, 0.3) is 10.1 Å². The Morgan fingerprint density at radius 1 is 1.04 bits per heavy atom. The predicted octanol–water partition coefficient (Wildman–Crippen LogP) is 3.90. The summed E-state index contributed by atoms with van der Waals surface area (Å²) in [5.41, 5.74) is 1.56. The van der Waals surface area contributed by atoms with E-state index in [0.29, 0.717) is 27.9 Å². The molecular formula is C18H13NO5S. The van der Waals surface area contributed by atoms with Crippen LogP contribution < -0.4 is 4.74 Å². The standard InChI is InChI=1S/C18H13NO5S/c1-23-12-8-6-11(7-9-12)18-19-17-14-5-3-2-4-13(14)16(25(20,21)22)10-15(17)24-18/h2-10H,1H3,(H,20,21,22). The van der Waals surface area contributed by atoms with Crippen molar-refractivity contribution in [2.75, 3.05) is 7.11 Å². The van der Waals surface area contributed by atoms with E-state index in [1.165, 1.54) is 6.07 Å². The van der Waals surface area contributed by atoms with Crippen LogP contribution in [0.2, 0.25) is 0 Å². The summed E-state index contributed by atoms with van der Waals surface area (Å²) in [6, 6.07) is 15.3. The number of rotatable bonds is 3. The van der Waals surface area contributed by atoms with Gasteiger partial charge in [-0.3, -0.25) is 4.55 Å². The second-order valence-corrected chi connectivity index (χ2v) is 6.88. The quantitative estimate of drug-likeness (QED) is 0.561. The molecule has 1 aromatic heterocycles. The molecule has 0 aliphatic heterocycles. The Morgan fingerprint density at radius 3 is 2.36 bits per heavy atom. The first kappa shape index (κ1) is 15.6. The van der Waals surface area contributed by atoms with Crippen LogP contribution in [0.3, 0.4) is 0 Å². The van der Waals surface area contributed by atoms with Crippen molar-refractivity contribution in [2.45, 2.75) is 4.90 Å². The van der Waals surface area contributed by atoms with Crippen LogP contribution in [0, 0.1) is 0 Å². The zero-order valence-corrected chi connectivity index (χ0v) is 13.9. The Morgan fingerprint density at radius 2 is 1.72 bits per heavy atom. The third-order valence-corrected chi connectivity index (χ3v) is 4.87. The molecule has 0 saturated carbocycles. The molecule has 0 aliphatic rings. The van der Waals surface area contributed by atoms with Gasteiger partial charge in [0.05, 0.1) is 7.11 Å². The minimum atomic E-state index is -4.39. The second kappa shape index (κ2) is 5.58. The van der Waals surface area contributed by atoms with Crippen molar-refractivity contribution < 1.29 is 22.1 Å². The van der Waals surface area contributed by atoms with Gasteiger partial charge in [-0.05, 0) is 24.3 Å². The van der Waals surface area contributed by atoms with E-state index < -0.39 is 10.1 Å². The third kappa shape index (κ3) is 2.63. The average Bonchev–Trinajstić information content (AvgIpc) is 3.05. The molecule has 4 rings (SSSR count). The highest BCUT2D eigenvalue weighted by molar-refractivity contribution is 7.86. The first-order chi connectivity index (χ1) is 12.0. The lowest BCUT2D eigenvalue weighted by atomic mass is 10.1. The largest absolute Gasteiger partial charge is 0.497 e. The van der Waals surface area contributed by atoms with Gasteiger partial charge >= 0.3 is 0 Å².